The normalized spacial score (nSPS) is 16.9. The van der Waals surface area contributed by atoms with Crippen molar-refractivity contribution in [1.29, 1.82) is 0 Å². The monoisotopic (exact) mass is 1610 g/mol. The van der Waals surface area contributed by atoms with Crippen molar-refractivity contribution in [3.8, 4) is 17.2 Å². The first kappa shape index (κ1) is 107. The number of carbonyl (C=O) groups is 9. The fraction of sp³-hybridized carbons (Fsp3) is 0.675. The molecule has 30 heteroatoms. The first-order valence-corrected chi connectivity index (χ1v) is 39.3. The van der Waals surface area contributed by atoms with Crippen LogP contribution in [0.3, 0.4) is 0 Å². The number of aromatic hydroxyl groups is 1. The molecule has 0 heterocycles. The maximum absolute atomic E-state index is 11.8. The van der Waals surface area contributed by atoms with E-state index >= 15 is 0 Å². The second-order valence-electron chi connectivity index (χ2n) is 28.2. The predicted molar refractivity (Wildman–Crippen MR) is 416 cm³/mol. The number of rotatable bonds is 41. The number of benzene rings is 3. The molecule has 646 valence electrons. The van der Waals surface area contributed by atoms with Crippen LogP contribution in [0.5, 0.6) is 17.2 Å². The van der Waals surface area contributed by atoms with Gasteiger partial charge >= 0.3 is 53.7 Å². The predicted octanol–water partition coefficient (Wildman–Crippen LogP) is 7.78. The number of hydrogen-bond acceptors (Lipinski definition) is 30. The van der Waals surface area contributed by atoms with Gasteiger partial charge in [0.1, 0.15) is 74.2 Å². The number of ether oxygens (including phenoxy) is 9. The second kappa shape index (κ2) is 67.6. The fourth-order valence-electron chi connectivity index (χ4n) is 11.1. The summed E-state index contributed by atoms with van der Waals surface area (Å²) in [5.74, 6) is -0.526. The molecule has 0 saturated heterocycles. The van der Waals surface area contributed by atoms with Gasteiger partial charge in [-0.1, -0.05) is 162 Å². The Hall–Kier alpha value is -7.75. The van der Waals surface area contributed by atoms with Crippen LogP contribution in [0.2, 0.25) is 0 Å². The van der Waals surface area contributed by atoms with Crippen molar-refractivity contribution in [2.45, 2.75) is 240 Å². The highest BCUT2D eigenvalue weighted by atomic mass is 16.6. The summed E-state index contributed by atoms with van der Waals surface area (Å²) in [5.41, 5.74) is 0. The van der Waals surface area contributed by atoms with Gasteiger partial charge in [0.15, 0.2) is 6.10 Å². The molecular formula is C83H134O30. The number of carbonyl (C=O) groups excluding carboxylic acids is 9. The van der Waals surface area contributed by atoms with E-state index in [1.807, 2.05) is 33.8 Å². The van der Waals surface area contributed by atoms with Crippen LogP contribution in [0.4, 0.5) is 0 Å². The molecule has 9 atom stereocenters. The summed E-state index contributed by atoms with van der Waals surface area (Å²) in [6.45, 7) is 17.2. The number of para-hydroxylation sites is 3. The van der Waals surface area contributed by atoms with E-state index in [1.54, 1.807) is 84.9 Å². The molecule has 0 radical (unpaired) electrons. The molecule has 2 aliphatic rings. The highest BCUT2D eigenvalue weighted by Crippen LogP contribution is 2.36. The van der Waals surface area contributed by atoms with Crippen LogP contribution in [0.25, 0.3) is 0 Å². The number of aliphatic hydroxyl groups is 11. The van der Waals surface area contributed by atoms with Crippen molar-refractivity contribution in [3.05, 3.63) is 91.0 Å². The van der Waals surface area contributed by atoms with E-state index in [2.05, 4.69) is 46.3 Å². The molecule has 2 fully saturated rings. The molecule has 0 amide bonds. The van der Waals surface area contributed by atoms with E-state index in [0.29, 0.717) is 46.8 Å². The van der Waals surface area contributed by atoms with E-state index in [0.717, 1.165) is 76.5 Å². The summed E-state index contributed by atoms with van der Waals surface area (Å²) in [6, 6.07) is 25.7. The molecule has 0 bridgehead atoms. The van der Waals surface area contributed by atoms with Gasteiger partial charge in [0.25, 0.3) is 0 Å². The minimum Gasteiger partial charge on any atom is -0.508 e. The van der Waals surface area contributed by atoms with Gasteiger partial charge in [-0.25, -0.2) is 4.79 Å². The molecule has 0 spiro atoms. The summed E-state index contributed by atoms with van der Waals surface area (Å²) in [6.07, 6.45) is 7.21. The standard InChI is InChI=1S/2C14H26O6.2C13H16O6.C13H24O4.C10H20O.C6H6O/c1-3-5-11(6-4-2)14(18)19-8-7-13(17)20-10-12(16)9-15;1-3-5-11(6-4-2)14(18)19-8-7-13(17)20-12(9-15)10-16;14-8-10(15)9-18-12(16)6-7-13(17)19-11-4-2-1-3-5-11;14-8-11(9-15)19-13(17)7-6-12(16)18-10-4-2-1-3-5-10;1-8(2)10-5-4-9(3)6-12(10)17-13(16)11(15)7-14;1-7(2)9-5-4-8(3)6-10(9)11;7-6-4-2-1-3-5-6/h2*11-12,15-16H,3-10H2,1-2H3;1-5,10,14-15H,6-9H2;1-5,11,14-15H,6-9H2;8-12,14-15H,4-7H2,1-3H3;7-11H,4-6H2,1-3H3;1-5,7H/t;;;;9-,10+,11?,12-;8-,9+,10-;/m....11./s1. The Labute approximate surface area is 666 Å². The molecule has 2 aliphatic carbocycles. The van der Waals surface area contributed by atoms with Gasteiger partial charge in [-0.15, -0.1) is 0 Å². The lowest BCUT2D eigenvalue weighted by Crippen LogP contribution is -2.39. The lowest BCUT2D eigenvalue weighted by atomic mass is 9.75. The number of esters is 9. The molecule has 30 nitrogen and oxygen atoms in total. The van der Waals surface area contributed by atoms with Crippen molar-refractivity contribution < 1.29 is 147 Å². The molecule has 5 rings (SSSR count). The Morgan fingerprint density at radius 3 is 1.10 bits per heavy atom. The first-order valence-electron chi connectivity index (χ1n) is 39.3. The topological polar surface area (TPSA) is 479 Å². The summed E-state index contributed by atoms with van der Waals surface area (Å²) >= 11 is 0. The highest BCUT2D eigenvalue weighted by Gasteiger charge is 2.35. The quantitative estimate of drug-likeness (QED) is 0.0146. The third-order valence-corrected chi connectivity index (χ3v) is 17.5. The zero-order chi connectivity index (χ0) is 85.5. The van der Waals surface area contributed by atoms with E-state index in [4.69, 9.17) is 89.0 Å². The molecular weight excluding hydrogens is 1480 g/mol. The van der Waals surface area contributed by atoms with Crippen molar-refractivity contribution in [1.82, 2.24) is 0 Å². The van der Waals surface area contributed by atoms with Crippen LogP contribution in [0.1, 0.15) is 198 Å². The average Bonchev–Trinajstić information content (AvgIpc) is 0.855. The molecule has 0 aliphatic heterocycles. The highest BCUT2D eigenvalue weighted by molar-refractivity contribution is 5.80. The SMILES string of the molecule is CC(C)[C@@H]1CC[C@@H](C)C[C@H]1O.CC(C)[C@@H]1CC[C@@H](C)C[C@H]1OC(=O)C(O)CO.CCCC(CCC)C(=O)OCCC(=O)OC(CO)CO.CCCC(CCC)C(=O)OCCC(=O)OCC(O)CO.O=C(CCC(=O)OC(CO)CO)Oc1ccccc1.O=C(CCC(=O)Oc1ccccc1)OCC(O)CO.Oc1ccccc1. The molecule has 3 unspecified atom stereocenters. The number of hydrogen-bond donors (Lipinski definition) is 12. The molecule has 2 saturated carbocycles. The van der Waals surface area contributed by atoms with Crippen LogP contribution in [-0.2, 0) is 76.3 Å². The minimum atomic E-state index is -1.40. The van der Waals surface area contributed by atoms with Crippen LogP contribution in [-0.4, -0.2) is 230 Å². The third kappa shape index (κ3) is 55.4. The smallest absolute Gasteiger partial charge is 0.337 e. The maximum Gasteiger partial charge on any atom is 0.337 e. The molecule has 3 aromatic rings. The van der Waals surface area contributed by atoms with Gasteiger partial charge < -0.3 is 104 Å². The number of phenolic OH excluding ortho intramolecular Hbond substituents is 1. The average molecular weight is 1610 g/mol. The fourth-order valence-corrected chi connectivity index (χ4v) is 11.1. The van der Waals surface area contributed by atoms with E-state index < -0.39 is 119 Å². The van der Waals surface area contributed by atoms with Crippen LogP contribution < -0.4 is 9.47 Å². The van der Waals surface area contributed by atoms with Gasteiger partial charge in [-0.05, 0) is 123 Å². The van der Waals surface area contributed by atoms with Gasteiger partial charge in [0, 0.05) is 0 Å². The Kier molecular flexibility index (Phi) is 64.2. The van der Waals surface area contributed by atoms with E-state index in [-0.39, 0.29) is 101 Å². The van der Waals surface area contributed by atoms with Crippen LogP contribution in [0.15, 0.2) is 91.0 Å². The largest absolute Gasteiger partial charge is 0.508 e. The van der Waals surface area contributed by atoms with Gasteiger partial charge in [-0.3, -0.25) is 38.4 Å². The summed E-state index contributed by atoms with van der Waals surface area (Å²) in [4.78, 5) is 103. The molecule has 113 heavy (non-hydrogen) atoms. The zero-order valence-electron chi connectivity index (χ0n) is 68.0. The third-order valence-electron chi connectivity index (χ3n) is 17.5. The Morgan fingerprint density at radius 2 is 0.752 bits per heavy atom. The Morgan fingerprint density at radius 1 is 0.407 bits per heavy atom. The van der Waals surface area contributed by atoms with Crippen molar-refractivity contribution >= 4 is 53.7 Å². The lowest BCUT2D eigenvalue weighted by Gasteiger charge is -2.36. The number of phenols is 1. The van der Waals surface area contributed by atoms with Crippen molar-refractivity contribution in [2.24, 2.45) is 47.3 Å². The Bertz CT molecular complexity index is 2920. The van der Waals surface area contributed by atoms with Crippen LogP contribution >= 0.6 is 0 Å². The zero-order valence-corrected chi connectivity index (χ0v) is 68.0. The van der Waals surface area contributed by atoms with Gasteiger partial charge in [-0.2, -0.15) is 0 Å². The second-order valence-corrected chi connectivity index (χ2v) is 28.2. The number of aliphatic hydroxyl groups excluding tert-OH is 11. The first-order chi connectivity index (χ1) is 53.8. The van der Waals surface area contributed by atoms with Crippen molar-refractivity contribution in [3.63, 3.8) is 0 Å². The summed E-state index contributed by atoms with van der Waals surface area (Å²) in [7, 11) is 0. The van der Waals surface area contributed by atoms with Gasteiger partial charge in [0.2, 0.25) is 0 Å². The van der Waals surface area contributed by atoms with Crippen LogP contribution in [0, 0.1) is 47.3 Å². The molecule has 0 aromatic heterocycles. The minimum absolute atomic E-state index is 0.0170. The van der Waals surface area contributed by atoms with Gasteiger partial charge in [0.05, 0.1) is 103 Å². The molecule has 12 N–H and O–H groups in total. The van der Waals surface area contributed by atoms with E-state index in [1.165, 1.54) is 19.3 Å². The Balaban J connectivity index is 0. The maximum atomic E-state index is 11.8. The lowest BCUT2D eigenvalue weighted by molar-refractivity contribution is -0.168. The summed E-state index contributed by atoms with van der Waals surface area (Å²) in [5, 5.41) is 106. The van der Waals surface area contributed by atoms with Crippen molar-refractivity contribution in [2.75, 3.05) is 72.7 Å². The van der Waals surface area contributed by atoms with E-state index in [9.17, 15) is 53.4 Å². The molecule has 3 aromatic carbocycles. The summed E-state index contributed by atoms with van der Waals surface area (Å²) < 4.78 is 44.2.